The second-order valence-electron chi connectivity index (χ2n) is 8.36. The number of benzene rings is 1. The van der Waals surface area contributed by atoms with Crippen LogP contribution in [0.1, 0.15) is 67.8 Å². The van der Waals surface area contributed by atoms with Crippen LogP contribution in [0.5, 0.6) is 0 Å². The highest BCUT2D eigenvalue weighted by Crippen LogP contribution is 2.33. The van der Waals surface area contributed by atoms with E-state index in [-0.39, 0.29) is 43.5 Å². The fourth-order valence-corrected chi connectivity index (χ4v) is 3.96. The molecule has 0 spiro atoms. The fraction of sp³-hybridized carbons (Fsp3) is 0.583. The van der Waals surface area contributed by atoms with Crippen molar-refractivity contribution >= 4 is 23.6 Å². The number of piperazine rings is 1. The van der Waals surface area contributed by atoms with Gasteiger partial charge in [0.05, 0.1) is 13.0 Å². The second kappa shape index (κ2) is 11.1. The quantitative estimate of drug-likeness (QED) is 0.432. The van der Waals surface area contributed by atoms with Crippen LogP contribution in [0.4, 0.5) is 0 Å². The van der Waals surface area contributed by atoms with Crippen LogP contribution in [0.3, 0.4) is 0 Å². The summed E-state index contributed by atoms with van der Waals surface area (Å²) in [5, 5.41) is 2.68. The van der Waals surface area contributed by atoms with E-state index in [1.807, 2.05) is 24.3 Å². The molecule has 1 aliphatic heterocycles. The molecule has 7 nitrogen and oxygen atoms in total. The third-order valence-corrected chi connectivity index (χ3v) is 5.93. The Morgan fingerprint density at radius 2 is 1.87 bits per heavy atom. The molecule has 1 saturated carbocycles. The van der Waals surface area contributed by atoms with Crippen molar-refractivity contribution in [1.82, 2.24) is 10.2 Å². The minimum Gasteiger partial charge on any atom is -0.466 e. The number of nitrogens with one attached hydrogen (secondary N) is 1. The van der Waals surface area contributed by atoms with Gasteiger partial charge in [-0.15, -0.1) is 0 Å². The van der Waals surface area contributed by atoms with E-state index in [1.165, 1.54) is 36.1 Å². The van der Waals surface area contributed by atoms with Gasteiger partial charge in [-0.25, -0.2) is 0 Å². The Labute approximate surface area is 183 Å². The van der Waals surface area contributed by atoms with Crippen molar-refractivity contribution in [2.45, 2.75) is 64.3 Å². The molecule has 31 heavy (non-hydrogen) atoms. The van der Waals surface area contributed by atoms with E-state index < -0.39 is 12.0 Å². The van der Waals surface area contributed by atoms with Gasteiger partial charge in [0.25, 0.3) is 0 Å². The molecule has 2 amide bonds. The Morgan fingerprint density at radius 1 is 1.13 bits per heavy atom. The number of carbonyl (C=O) groups excluding carboxylic acids is 4. The summed E-state index contributed by atoms with van der Waals surface area (Å²) in [5.41, 5.74) is 1.83. The summed E-state index contributed by atoms with van der Waals surface area (Å²) in [6.07, 6.45) is 6.15. The molecule has 0 aromatic heterocycles. The molecule has 0 bridgehead atoms. The highest BCUT2D eigenvalue weighted by atomic mass is 16.5. The number of rotatable bonds is 11. The van der Waals surface area contributed by atoms with Gasteiger partial charge in [-0.1, -0.05) is 43.5 Å². The summed E-state index contributed by atoms with van der Waals surface area (Å²) >= 11 is 0. The van der Waals surface area contributed by atoms with Crippen molar-refractivity contribution in [2.75, 3.05) is 19.7 Å². The SMILES string of the molecule is CCOC(=O)CC1C(=O)NCCN1C(=O)CCC(=O)c1ccc(CCCC2CC2)cc1. The van der Waals surface area contributed by atoms with Crippen LogP contribution in [0.25, 0.3) is 0 Å². The summed E-state index contributed by atoms with van der Waals surface area (Å²) in [6.45, 7) is 2.56. The van der Waals surface area contributed by atoms with Gasteiger partial charge < -0.3 is 15.0 Å². The Kier molecular flexibility index (Phi) is 8.20. The molecule has 1 N–H and O–H groups in total. The van der Waals surface area contributed by atoms with E-state index in [9.17, 15) is 19.2 Å². The molecule has 3 rings (SSSR count). The van der Waals surface area contributed by atoms with E-state index in [0.717, 1.165) is 12.3 Å². The number of hydrogen-bond donors (Lipinski definition) is 1. The first-order valence-corrected chi connectivity index (χ1v) is 11.3. The fourth-order valence-electron chi connectivity index (χ4n) is 3.96. The monoisotopic (exact) mass is 428 g/mol. The topological polar surface area (TPSA) is 92.8 Å². The van der Waals surface area contributed by atoms with E-state index in [1.54, 1.807) is 6.92 Å². The predicted octanol–water partition coefficient (Wildman–Crippen LogP) is 2.66. The molecule has 168 valence electrons. The van der Waals surface area contributed by atoms with Crippen LogP contribution >= 0.6 is 0 Å². The van der Waals surface area contributed by atoms with Crippen LogP contribution < -0.4 is 5.32 Å². The number of esters is 1. The van der Waals surface area contributed by atoms with Crippen molar-refractivity contribution in [3.8, 4) is 0 Å². The minimum atomic E-state index is -0.884. The lowest BCUT2D eigenvalue weighted by atomic mass is 10.0. The molecule has 1 unspecified atom stereocenters. The summed E-state index contributed by atoms with van der Waals surface area (Å²) in [5.74, 6) is -0.344. The molecule has 1 aromatic rings. The van der Waals surface area contributed by atoms with Gasteiger partial charge in [-0.2, -0.15) is 0 Å². The number of carbonyl (C=O) groups is 4. The second-order valence-corrected chi connectivity index (χ2v) is 8.36. The van der Waals surface area contributed by atoms with Gasteiger partial charge >= 0.3 is 5.97 Å². The van der Waals surface area contributed by atoms with Crippen molar-refractivity contribution in [2.24, 2.45) is 5.92 Å². The zero-order valence-corrected chi connectivity index (χ0v) is 18.2. The normalized spacial score (nSPS) is 18.4. The van der Waals surface area contributed by atoms with Gasteiger partial charge in [-0.3, -0.25) is 19.2 Å². The van der Waals surface area contributed by atoms with Gasteiger partial charge in [0, 0.05) is 31.5 Å². The van der Waals surface area contributed by atoms with E-state index in [0.29, 0.717) is 18.7 Å². The Morgan fingerprint density at radius 3 is 2.55 bits per heavy atom. The van der Waals surface area contributed by atoms with Gasteiger partial charge in [-0.05, 0) is 31.2 Å². The standard InChI is InChI=1S/C24H32N2O5/c1-2-31-23(29)16-20-24(30)25-14-15-26(20)22(28)13-12-21(27)19-10-8-18(9-11-19)5-3-4-17-6-7-17/h8-11,17,20H,2-7,12-16H2,1H3,(H,25,30). The number of Topliss-reactive ketones (excluding diaryl/α,β-unsaturated/α-hetero) is 1. The predicted molar refractivity (Wildman–Crippen MR) is 115 cm³/mol. The lowest BCUT2D eigenvalue weighted by Crippen LogP contribution is -2.57. The number of ether oxygens (including phenoxy) is 1. The molecule has 0 radical (unpaired) electrons. The van der Waals surface area contributed by atoms with Crippen molar-refractivity contribution < 1.29 is 23.9 Å². The maximum absolute atomic E-state index is 12.7. The van der Waals surface area contributed by atoms with E-state index >= 15 is 0 Å². The molecule has 1 heterocycles. The molecule has 1 atom stereocenters. The average molecular weight is 429 g/mol. The maximum atomic E-state index is 12.7. The number of ketones is 1. The zero-order valence-electron chi connectivity index (χ0n) is 18.2. The molecular formula is C24H32N2O5. The summed E-state index contributed by atoms with van der Waals surface area (Å²) in [6, 6.07) is 6.76. The number of amides is 2. The summed E-state index contributed by atoms with van der Waals surface area (Å²) in [4.78, 5) is 50.6. The first kappa shape index (κ1) is 23.0. The molecule has 1 saturated heterocycles. The van der Waals surface area contributed by atoms with Crippen LogP contribution in [0, 0.1) is 5.92 Å². The Bertz CT molecular complexity index is 801. The summed E-state index contributed by atoms with van der Waals surface area (Å²) in [7, 11) is 0. The smallest absolute Gasteiger partial charge is 0.308 e. The van der Waals surface area contributed by atoms with E-state index in [4.69, 9.17) is 4.74 Å². The van der Waals surface area contributed by atoms with Crippen molar-refractivity contribution in [1.29, 1.82) is 0 Å². The molecule has 1 aliphatic carbocycles. The Hall–Kier alpha value is -2.70. The largest absolute Gasteiger partial charge is 0.466 e. The first-order valence-electron chi connectivity index (χ1n) is 11.3. The number of hydrogen-bond acceptors (Lipinski definition) is 5. The maximum Gasteiger partial charge on any atom is 0.308 e. The molecular weight excluding hydrogens is 396 g/mol. The van der Waals surface area contributed by atoms with Crippen LogP contribution in [-0.2, 0) is 25.5 Å². The van der Waals surface area contributed by atoms with Crippen LogP contribution in [0.15, 0.2) is 24.3 Å². The summed E-state index contributed by atoms with van der Waals surface area (Å²) < 4.78 is 4.91. The van der Waals surface area contributed by atoms with Gasteiger partial charge in [0.15, 0.2) is 5.78 Å². The first-order chi connectivity index (χ1) is 15.0. The average Bonchev–Trinajstić information content (AvgIpc) is 3.58. The van der Waals surface area contributed by atoms with Crippen LogP contribution in [-0.4, -0.2) is 54.2 Å². The molecule has 2 aliphatic rings. The van der Waals surface area contributed by atoms with E-state index in [2.05, 4.69) is 5.32 Å². The van der Waals surface area contributed by atoms with Gasteiger partial charge in [0.1, 0.15) is 6.04 Å². The number of nitrogens with zero attached hydrogens (tertiary/aromatic N) is 1. The molecule has 2 fully saturated rings. The van der Waals surface area contributed by atoms with Crippen LogP contribution in [0.2, 0.25) is 0 Å². The van der Waals surface area contributed by atoms with Gasteiger partial charge in [0.2, 0.25) is 11.8 Å². The minimum absolute atomic E-state index is 0.00851. The Balaban J connectivity index is 1.49. The van der Waals surface area contributed by atoms with Crippen molar-refractivity contribution in [3.05, 3.63) is 35.4 Å². The molecule has 1 aromatic carbocycles. The lowest BCUT2D eigenvalue weighted by Gasteiger charge is -2.34. The highest BCUT2D eigenvalue weighted by Gasteiger charge is 2.35. The van der Waals surface area contributed by atoms with Crippen molar-refractivity contribution in [3.63, 3.8) is 0 Å². The highest BCUT2D eigenvalue weighted by molar-refractivity contribution is 5.98. The zero-order chi connectivity index (χ0) is 22.2. The third kappa shape index (κ3) is 6.91. The third-order valence-electron chi connectivity index (χ3n) is 5.93. The molecule has 7 heteroatoms. The lowest BCUT2D eigenvalue weighted by molar-refractivity contribution is -0.151. The number of aryl methyl sites for hydroxylation is 1.